The van der Waals surface area contributed by atoms with E-state index in [4.69, 9.17) is 33.2 Å². The van der Waals surface area contributed by atoms with Crippen LogP contribution in [0.5, 0.6) is 11.5 Å². The third-order valence-electron chi connectivity index (χ3n) is 4.18. The van der Waals surface area contributed by atoms with Crippen molar-refractivity contribution in [2.75, 3.05) is 0 Å². The second-order valence-corrected chi connectivity index (χ2v) is 7.09. The molecule has 2 aromatic heterocycles. The number of rotatable bonds is 3. The molecule has 2 heterocycles. The number of H-pyrrole nitrogens is 1. The molecule has 0 atom stereocenters. The molecule has 0 bridgehead atoms. The summed E-state index contributed by atoms with van der Waals surface area (Å²) in [5.41, 5.74) is -0.292. The highest BCUT2D eigenvalue weighted by Gasteiger charge is 2.15. The number of aromatic nitrogens is 4. The molecular weight excluding hydrogens is 429 g/mol. The highest BCUT2D eigenvalue weighted by atomic mass is 35.5. The van der Waals surface area contributed by atoms with Gasteiger partial charge in [-0.2, -0.15) is 9.94 Å². The highest BCUT2D eigenvalue weighted by molar-refractivity contribution is 6.37. The van der Waals surface area contributed by atoms with E-state index in [1.54, 1.807) is 18.2 Å². The van der Waals surface area contributed by atoms with Gasteiger partial charge in [0.1, 0.15) is 11.8 Å². The first-order valence-electron chi connectivity index (χ1n) is 8.54. The molecule has 30 heavy (non-hydrogen) atoms. The van der Waals surface area contributed by atoms with E-state index < -0.39 is 16.9 Å². The number of ether oxygens (including phenoxy) is 1. The van der Waals surface area contributed by atoms with Crippen LogP contribution in [0.3, 0.4) is 0 Å². The van der Waals surface area contributed by atoms with Crippen LogP contribution in [0.2, 0.25) is 10.0 Å². The van der Waals surface area contributed by atoms with Gasteiger partial charge in [-0.05, 0) is 43.3 Å². The Bertz CT molecular complexity index is 1450. The van der Waals surface area contributed by atoms with E-state index in [0.717, 1.165) is 21.3 Å². The lowest BCUT2D eigenvalue weighted by molar-refractivity contribution is 0.483. The van der Waals surface area contributed by atoms with Crippen molar-refractivity contribution >= 4 is 34.1 Å². The van der Waals surface area contributed by atoms with Crippen LogP contribution >= 0.6 is 23.2 Å². The molecule has 0 aliphatic heterocycles. The first-order chi connectivity index (χ1) is 14.4. The molecule has 8 nitrogen and oxygen atoms in total. The molecule has 0 aliphatic rings. The lowest BCUT2D eigenvalue weighted by Crippen LogP contribution is -2.33. The van der Waals surface area contributed by atoms with E-state index >= 15 is 0 Å². The molecule has 0 saturated heterocycles. The van der Waals surface area contributed by atoms with Crippen LogP contribution in [0.1, 0.15) is 11.4 Å². The largest absolute Gasteiger partial charge is 0.454 e. The van der Waals surface area contributed by atoms with Crippen molar-refractivity contribution in [3.63, 3.8) is 0 Å². The van der Waals surface area contributed by atoms with Crippen LogP contribution in [-0.2, 0) is 0 Å². The van der Waals surface area contributed by atoms with Crippen molar-refractivity contribution in [1.29, 1.82) is 5.26 Å². The Kier molecular flexibility index (Phi) is 4.99. The second kappa shape index (κ2) is 7.63. The van der Waals surface area contributed by atoms with Gasteiger partial charge in [-0.1, -0.05) is 29.3 Å². The maximum atomic E-state index is 12.1. The van der Waals surface area contributed by atoms with E-state index in [1.807, 2.05) is 30.1 Å². The zero-order valence-electron chi connectivity index (χ0n) is 15.3. The quantitative estimate of drug-likeness (QED) is 0.519. The SMILES string of the molecule is Cc1ccc2cc(Oc3c(Cl)cc(-n4nc(C#N)c(=O)[nH]c4=O)cc3Cl)ccc2n1. The van der Waals surface area contributed by atoms with Gasteiger partial charge in [0, 0.05) is 11.1 Å². The Balaban J connectivity index is 1.74. The molecule has 148 valence electrons. The van der Waals surface area contributed by atoms with Gasteiger partial charge in [0.15, 0.2) is 5.75 Å². The standard InChI is InChI=1S/C20H11Cl2N5O3/c1-10-2-3-11-6-13(4-5-16(11)24-10)30-18-14(21)7-12(8-15(18)22)27-20(29)25-19(28)17(9-23)26-27/h2-8H,1H3,(H,25,28,29). The van der Waals surface area contributed by atoms with E-state index in [-0.39, 0.29) is 21.5 Å². The summed E-state index contributed by atoms with van der Waals surface area (Å²) in [6.45, 7) is 1.91. The summed E-state index contributed by atoms with van der Waals surface area (Å²) in [7, 11) is 0. The number of hydrogen-bond acceptors (Lipinski definition) is 6. The Morgan fingerprint density at radius 2 is 1.83 bits per heavy atom. The zero-order chi connectivity index (χ0) is 21.4. The van der Waals surface area contributed by atoms with Crippen LogP contribution < -0.4 is 16.0 Å². The topological polar surface area (TPSA) is 114 Å². The molecule has 10 heteroatoms. The fourth-order valence-electron chi connectivity index (χ4n) is 2.80. The molecule has 0 unspecified atom stereocenters. The van der Waals surface area contributed by atoms with E-state index in [0.29, 0.717) is 5.75 Å². The molecule has 0 fully saturated rings. The second-order valence-electron chi connectivity index (χ2n) is 6.28. The van der Waals surface area contributed by atoms with Crippen molar-refractivity contribution < 1.29 is 4.74 Å². The third-order valence-corrected chi connectivity index (χ3v) is 4.74. The van der Waals surface area contributed by atoms with Crippen molar-refractivity contribution in [3.05, 3.63) is 84.7 Å². The van der Waals surface area contributed by atoms with E-state index in [9.17, 15) is 9.59 Å². The number of fused-ring (bicyclic) bond motifs is 1. The normalized spacial score (nSPS) is 10.7. The number of benzene rings is 2. The molecule has 0 amide bonds. The molecule has 4 rings (SSSR count). The van der Waals surface area contributed by atoms with Gasteiger partial charge in [-0.3, -0.25) is 14.8 Å². The third kappa shape index (κ3) is 3.64. The average molecular weight is 440 g/mol. The van der Waals surface area contributed by atoms with Gasteiger partial charge in [-0.15, -0.1) is 5.10 Å². The summed E-state index contributed by atoms with van der Waals surface area (Å²) in [6, 6.07) is 13.6. The van der Waals surface area contributed by atoms with Crippen LogP contribution in [0.15, 0.2) is 52.1 Å². The maximum absolute atomic E-state index is 12.1. The summed E-state index contributed by atoms with van der Waals surface area (Å²) in [4.78, 5) is 30.0. The Labute approximate surface area is 178 Å². The number of halogens is 2. The first kappa shape index (κ1) is 19.6. The number of nitrogens with one attached hydrogen (secondary N) is 1. The van der Waals surface area contributed by atoms with Crippen LogP contribution in [0.4, 0.5) is 0 Å². The molecule has 0 aliphatic carbocycles. The van der Waals surface area contributed by atoms with Crippen LogP contribution in [0.25, 0.3) is 16.6 Å². The first-order valence-corrected chi connectivity index (χ1v) is 9.30. The van der Waals surface area contributed by atoms with Crippen molar-refractivity contribution in [3.8, 4) is 23.3 Å². The van der Waals surface area contributed by atoms with Gasteiger partial charge in [0.25, 0.3) is 5.56 Å². The molecule has 0 saturated carbocycles. The summed E-state index contributed by atoms with van der Waals surface area (Å²) in [6.07, 6.45) is 0. The van der Waals surface area contributed by atoms with Crippen LogP contribution in [0, 0.1) is 18.3 Å². The van der Waals surface area contributed by atoms with Gasteiger partial charge >= 0.3 is 5.69 Å². The Morgan fingerprint density at radius 3 is 2.53 bits per heavy atom. The number of nitriles is 1. The zero-order valence-corrected chi connectivity index (χ0v) is 16.8. The number of pyridine rings is 1. The lowest BCUT2D eigenvalue weighted by atomic mass is 10.2. The molecule has 1 N–H and O–H groups in total. The summed E-state index contributed by atoms with van der Waals surface area (Å²) in [5.74, 6) is 0.676. The Morgan fingerprint density at radius 1 is 1.10 bits per heavy atom. The fourth-order valence-corrected chi connectivity index (χ4v) is 3.35. The predicted molar refractivity (Wildman–Crippen MR) is 112 cm³/mol. The average Bonchev–Trinajstić information content (AvgIpc) is 2.70. The number of nitrogens with zero attached hydrogens (tertiary/aromatic N) is 4. The van der Waals surface area contributed by atoms with Crippen molar-refractivity contribution in [2.24, 2.45) is 0 Å². The van der Waals surface area contributed by atoms with E-state index in [1.165, 1.54) is 12.1 Å². The van der Waals surface area contributed by atoms with E-state index in [2.05, 4.69) is 10.1 Å². The monoisotopic (exact) mass is 439 g/mol. The van der Waals surface area contributed by atoms with Gasteiger partial charge in [0.2, 0.25) is 5.69 Å². The minimum absolute atomic E-state index is 0.109. The van der Waals surface area contributed by atoms with Crippen molar-refractivity contribution in [1.82, 2.24) is 19.7 Å². The summed E-state index contributed by atoms with van der Waals surface area (Å²) < 4.78 is 6.68. The minimum Gasteiger partial charge on any atom is -0.454 e. The van der Waals surface area contributed by atoms with Gasteiger partial charge in [-0.25, -0.2) is 4.79 Å². The smallest absolute Gasteiger partial charge is 0.349 e. The summed E-state index contributed by atoms with van der Waals surface area (Å²) in [5, 5.41) is 13.8. The number of hydrogen-bond donors (Lipinski definition) is 1. The van der Waals surface area contributed by atoms with Crippen molar-refractivity contribution in [2.45, 2.75) is 6.92 Å². The highest BCUT2D eigenvalue weighted by Crippen LogP contribution is 2.38. The lowest BCUT2D eigenvalue weighted by Gasteiger charge is -2.12. The molecule has 4 aromatic rings. The fraction of sp³-hybridized carbons (Fsp3) is 0.0500. The number of aromatic amines is 1. The molecular formula is C20H11Cl2N5O3. The summed E-state index contributed by atoms with van der Waals surface area (Å²) >= 11 is 12.7. The van der Waals surface area contributed by atoms with Gasteiger partial charge < -0.3 is 4.74 Å². The van der Waals surface area contributed by atoms with Crippen LogP contribution in [-0.4, -0.2) is 19.7 Å². The predicted octanol–water partition coefficient (Wildman–Crippen LogP) is 3.75. The minimum atomic E-state index is -0.878. The molecule has 2 aromatic carbocycles. The maximum Gasteiger partial charge on any atom is 0.349 e. The molecule has 0 spiro atoms. The molecule has 0 radical (unpaired) electrons. The Hall–Kier alpha value is -3.67. The number of aryl methyl sites for hydroxylation is 1. The van der Waals surface area contributed by atoms with Gasteiger partial charge in [0.05, 0.1) is 21.2 Å².